The van der Waals surface area contributed by atoms with Crippen LogP contribution in [-0.4, -0.2) is 23.3 Å². The molecule has 0 spiro atoms. The maximum atomic E-state index is 10.8. The molecular formula is C13H13NO4. The molecule has 1 atom stereocenters. The van der Waals surface area contributed by atoms with Crippen molar-refractivity contribution >= 4 is 5.97 Å². The molecular weight excluding hydrogens is 234 g/mol. The molecule has 5 nitrogen and oxygen atoms in total. The Morgan fingerprint density at radius 1 is 1.44 bits per heavy atom. The van der Waals surface area contributed by atoms with Crippen LogP contribution in [0.4, 0.5) is 0 Å². The van der Waals surface area contributed by atoms with Crippen molar-refractivity contribution in [2.45, 2.75) is 13.0 Å². The van der Waals surface area contributed by atoms with E-state index >= 15 is 0 Å². The summed E-state index contributed by atoms with van der Waals surface area (Å²) in [6.45, 7) is 1.91. The fourth-order valence-corrected chi connectivity index (χ4v) is 1.71. The highest BCUT2D eigenvalue weighted by molar-refractivity contribution is 5.86. The first kappa shape index (κ1) is 12.3. The van der Waals surface area contributed by atoms with E-state index in [0.29, 0.717) is 5.76 Å². The van der Waals surface area contributed by atoms with Gasteiger partial charge in [-0.2, -0.15) is 0 Å². The van der Waals surface area contributed by atoms with Crippen molar-refractivity contribution in [1.82, 2.24) is 5.16 Å². The molecule has 0 aliphatic heterocycles. The fraction of sp³-hybridized carbons (Fsp3) is 0.231. The number of benzene rings is 1. The average Bonchev–Trinajstić information content (AvgIpc) is 2.87. The van der Waals surface area contributed by atoms with E-state index in [2.05, 4.69) is 5.16 Å². The summed E-state index contributed by atoms with van der Waals surface area (Å²) in [4.78, 5) is 10.8. The monoisotopic (exact) mass is 247 g/mol. The predicted octanol–water partition coefficient (Wildman–Crippen LogP) is 2.75. The average molecular weight is 247 g/mol. The lowest BCUT2D eigenvalue weighted by molar-refractivity contribution is 0.0686. The molecule has 1 N–H and O–H groups in total. The number of nitrogens with zero attached hydrogens (tertiary/aromatic N) is 1. The van der Waals surface area contributed by atoms with Gasteiger partial charge >= 0.3 is 5.97 Å². The normalized spacial score (nSPS) is 12.3. The minimum absolute atomic E-state index is 0.107. The molecule has 0 aliphatic rings. The summed E-state index contributed by atoms with van der Waals surface area (Å²) in [7, 11) is 1.62. The van der Waals surface area contributed by atoms with Gasteiger partial charge in [-0.25, -0.2) is 4.79 Å². The van der Waals surface area contributed by atoms with Crippen molar-refractivity contribution in [3.63, 3.8) is 0 Å². The zero-order valence-corrected chi connectivity index (χ0v) is 10.1. The van der Waals surface area contributed by atoms with Gasteiger partial charge in [0.15, 0.2) is 11.5 Å². The summed E-state index contributed by atoms with van der Waals surface area (Å²) in [5, 5.41) is 12.3. The maximum Gasteiger partial charge on any atom is 0.358 e. The third-order valence-electron chi connectivity index (χ3n) is 2.75. The van der Waals surface area contributed by atoms with E-state index in [1.807, 2.05) is 31.2 Å². The molecule has 0 saturated heterocycles. The second-order valence-electron chi connectivity index (χ2n) is 3.85. The fourth-order valence-electron chi connectivity index (χ4n) is 1.71. The molecule has 0 bridgehead atoms. The van der Waals surface area contributed by atoms with Gasteiger partial charge in [-0.15, -0.1) is 0 Å². The molecule has 5 heteroatoms. The van der Waals surface area contributed by atoms with Crippen LogP contribution in [0.5, 0.6) is 0 Å². The van der Waals surface area contributed by atoms with Gasteiger partial charge in [-0.3, -0.25) is 0 Å². The Bertz CT molecular complexity index is 562. The quantitative estimate of drug-likeness (QED) is 0.899. The van der Waals surface area contributed by atoms with Gasteiger partial charge in [0.05, 0.1) is 6.10 Å². The minimum Gasteiger partial charge on any atom is -0.476 e. The Labute approximate surface area is 104 Å². The summed E-state index contributed by atoms with van der Waals surface area (Å²) in [5.74, 6) is -0.686. The van der Waals surface area contributed by atoms with Crippen LogP contribution in [-0.2, 0) is 4.74 Å². The van der Waals surface area contributed by atoms with Crippen molar-refractivity contribution in [2.75, 3.05) is 7.11 Å². The van der Waals surface area contributed by atoms with E-state index in [9.17, 15) is 4.79 Å². The second-order valence-corrected chi connectivity index (χ2v) is 3.85. The van der Waals surface area contributed by atoms with Crippen molar-refractivity contribution in [3.8, 4) is 11.3 Å². The van der Waals surface area contributed by atoms with Crippen LogP contribution in [0.1, 0.15) is 29.1 Å². The molecule has 0 radical (unpaired) electrons. The Hall–Kier alpha value is -2.14. The molecule has 0 saturated carbocycles. The van der Waals surface area contributed by atoms with Gasteiger partial charge in [0, 0.05) is 18.7 Å². The van der Waals surface area contributed by atoms with Crippen molar-refractivity contribution in [1.29, 1.82) is 0 Å². The zero-order valence-electron chi connectivity index (χ0n) is 10.1. The molecule has 0 amide bonds. The number of carboxylic acid groups (broad SMARTS) is 1. The van der Waals surface area contributed by atoms with E-state index < -0.39 is 5.97 Å². The van der Waals surface area contributed by atoms with Crippen LogP contribution in [0.2, 0.25) is 0 Å². The smallest absolute Gasteiger partial charge is 0.358 e. The summed E-state index contributed by atoms with van der Waals surface area (Å²) in [5.41, 5.74) is 1.60. The van der Waals surface area contributed by atoms with E-state index in [4.69, 9.17) is 14.4 Å². The van der Waals surface area contributed by atoms with Gasteiger partial charge < -0.3 is 14.4 Å². The molecule has 1 aromatic carbocycles. The number of rotatable bonds is 4. The summed E-state index contributed by atoms with van der Waals surface area (Å²) >= 11 is 0. The van der Waals surface area contributed by atoms with E-state index in [-0.39, 0.29) is 11.8 Å². The minimum atomic E-state index is -1.11. The third kappa shape index (κ3) is 2.26. The number of ether oxygens (including phenoxy) is 1. The predicted molar refractivity (Wildman–Crippen MR) is 64.3 cm³/mol. The zero-order chi connectivity index (χ0) is 13.1. The first-order chi connectivity index (χ1) is 8.63. The number of carbonyl (C=O) groups is 1. The second kappa shape index (κ2) is 5.01. The summed E-state index contributed by atoms with van der Waals surface area (Å²) in [6, 6.07) is 8.90. The number of hydrogen-bond acceptors (Lipinski definition) is 4. The van der Waals surface area contributed by atoms with E-state index in [0.717, 1.165) is 11.1 Å². The van der Waals surface area contributed by atoms with Crippen molar-refractivity contribution in [3.05, 3.63) is 41.6 Å². The summed E-state index contributed by atoms with van der Waals surface area (Å²) in [6.07, 6.45) is -0.112. The highest BCUT2D eigenvalue weighted by atomic mass is 16.5. The summed E-state index contributed by atoms with van der Waals surface area (Å²) < 4.78 is 10.3. The number of aromatic nitrogens is 1. The molecule has 1 heterocycles. The Kier molecular flexibility index (Phi) is 3.43. The van der Waals surface area contributed by atoms with Crippen LogP contribution in [0.3, 0.4) is 0 Å². The third-order valence-corrected chi connectivity index (χ3v) is 2.75. The van der Waals surface area contributed by atoms with Crippen molar-refractivity contribution in [2.24, 2.45) is 0 Å². The van der Waals surface area contributed by atoms with Crippen LogP contribution >= 0.6 is 0 Å². The standard InChI is InChI=1S/C13H13NO4/c1-8(17-2)9-5-3-4-6-10(9)12-7-11(13(15)16)14-18-12/h3-8H,1-2H3,(H,15,16). The molecule has 18 heavy (non-hydrogen) atoms. The van der Waals surface area contributed by atoms with Gasteiger partial charge in [-0.05, 0) is 12.5 Å². The van der Waals surface area contributed by atoms with E-state index in [1.165, 1.54) is 6.07 Å². The van der Waals surface area contributed by atoms with Gasteiger partial charge in [0.2, 0.25) is 0 Å². The molecule has 2 rings (SSSR count). The molecule has 1 unspecified atom stereocenters. The van der Waals surface area contributed by atoms with Crippen molar-refractivity contribution < 1.29 is 19.2 Å². The maximum absolute atomic E-state index is 10.8. The molecule has 1 aromatic heterocycles. The van der Waals surface area contributed by atoms with Crippen LogP contribution in [0.15, 0.2) is 34.9 Å². The highest BCUT2D eigenvalue weighted by Gasteiger charge is 2.17. The molecule has 0 aliphatic carbocycles. The lowest BCUT2D eigenvalue weighted by Crippen LogP contribution is -1.98. The molecule has 2 aromatic rings. The first-order valence-electron chi connectivity index (χ1n) is 5.45. The highest BCUT2D eigenvalue weighted by Crippen LogP contribution is 2.29. The number of methoxy groups -OCH3 is 1. The number of hydrogen-bond donors (Lipinski definition) is 1. The van der Waals surface area contributed by atoms with E-state index in [1.54, 1.807) is 7.11 Å². The SMILES string of the molecule is COC(C)c1ccccc1-c1cc(C(=O)O)no1. The largest absolute Gasteiger partial charge is 0.476 e. The Balaban J connectivity index is 2.46. The van der Waals surface area contributed by atoms with Gasteiger partial charge in [0.25, 0.3) is 0 Å². The molecule has 94 valence electrons. The number of aromatic carboxylic acids is 1. The van der Waals surface area contributed by atoms with Crippen LogP contribution in [0.25, 0.3) is 11.3 Å². The van der Waals surface area contributed by atoms with Crippen LogP contribution < -0.4 is 0 Å². The Morgan fingerprint density at radius 3 is 2.78 bits per heavy atom. The molecule has 0 fully saturated rings. The van der Waals surface area contributed by atoms with Gasteiger partial charge in [-0.1, -0.05) is 29.4 Å². The van der Waals surface area contributed by atoms with Crippen LogP contribution in [0, 0.1) is 0 Å². The first-order valence-corrected chi connectivity index (χ1v) is 5.45. The number of carboxylic acids is 1. The lowest BCUT2D eigenvalue weighted by atomic mass is 10.0. The Morgan fingerprint density at radius 2 is 2.17 bits per heavy atom. The topological polar surface area (TPSA) is 72.6 Å². The lowest BCUT2D eigenvalue weighted by Gasteiger charge is -2.12. The van der Waals surface area contributed by atoms with Gasteiger partial charge in [0.1, 0.15) is 0 Å².